The molecule has 1 aliphatic heterocycles. The highest BCUT2D eigenvalue weighted by atomic mass is 32.2. The molecule has 184 valence electrons. The van der Waals surface area contributed by atoms with Gasteiger partial charge in [-0.25, -0.2) is 12.8 Å². The molecule has 1 N–H and O–H groups in total. The molecule has 3 aromatic carbocycles. The lowest BCUT2D eigenvalue weighted by atomic mass is 10.1. The first kappa shape index (κ1) is 24.7. The molecule has 1 amide bonds. The van der Waals surface area contributed by atoms with E-state index in [0.29, 0.717) is 24.5 Å². The van der Waals surface area contributed by atoms with Crippen molar-refractivity contribution < 1.29 is 22.3 Å². The summed E-state index contributed by atoms with van der Waals surface area (Å²) in [5, 5.41) is 2.69. The van der Waals surface area contributed by atoms with Crippen molar-refractivity contribution in [1.29, 1.82) is 0 Å². The van der Waals surface area contributed by atoms with Crippen molar-refractivity contribution in [3.05, 3.63) is 83.2 Å². The molecule has 1 heterocycles. The van der Waals surface area contributed by atoms with Gasteiger partial charge in [0.2, 0.25) is 10.0 Å². The average Bonchev–Trinajstić information content (AvgIpc) is 2.86. The van der Waals surface area contributed by atoms with E-state index >= 15 is 0 Å². The van der Waals surface area contributed by atoms with E-state index in [1.165, 1.54) is 23.0 Å². The van der Waals surface area contributed by atoms with Crippen LogP contribution in [0, 0.1) is 19.7 Å². The van der Waals surface area contributed by atoms with E-state index < -0.39 is 26.6 Å². The van der Waals surface area contributed by atoms with Gasteiger partial charge in [-0.05, 0) is 73.5 Å². The Morgan fingerprint density at radius 1 is 0.971 bits per heavy atom. The standard InChI is InChI=1S/C26H28FN3O4S/c1-18-5-4-6-24(19(18)2)29-13-15-30(16-14-29)35(32,33)25-17-20(7-12-23(25)27)26(31)28-21-8-10-22(34-3)11-9-21/h4-12,17H,13-16H2,1-3H3,(H,28,31). The molecule has 7 nitrogen and oxygen atoms in total. The summed E-state index contributed by atoms with van der Waals surface area (Å²) >= 11 is 0. The van der Waals surface area contributed by atoms with Crippen LogP contribution in [0.3, 0.4) is 0 Å². The molecule has 0 saturated carbocycles. The summed E-state index contributed by atoms with van der Waals surface area (Å²) in [6.45, 7) is 5.51. The molecule has 0 unspecified atom stereocenters. The number of aryl methyl sites for hydroxylation is 1. The van der Waals surface area contributed by atoms with Crippen molar-refractivity contribution in [2.75, 3.05) is 43.5 Å². The van der Waals surface area contributed by atoms with Crippen molar-refractivity contribution in [3.63, 3.8) is 0 Å². The Balaban J connectivity index is 1.50. The van der Waals surface area contributed by atoms with Gasteiger partial charge in [0.05, 0.1) is 7.11 Å². The zero-order valence-corrected chi connectivity index (χ0v) is 20.7. The van der Waals surface area contributed by atoms with E-state index in [0.717, 1.165) is 23.4 Å². The van der Waals surface area contributed by atoms with Crippen molar-refractivity contribution in [2.24, 2.45) is 0 Å². The number of ether oxygens (including phenoxy) is 1. The number of halogens is 1. The maximum absolute atomic E-state index is 14.7. The fourth-order valence-electron chi connectivity index (χ4n) is 4.11. The van der Waals surface area contributed by atoms with Crippen molar-refractivity contribution in [3.8, 4) is 5.75 Å². The monoisotopic (exact) mass is 497 g/mol. The molecule has 0 aromatic heterocycles. The maximum Gasteiger partial charge on any atom is 0.255 e. The van der Waals surface area contributed by atoms with Crippen LogP contribution in [-0.4, -0.2) is 51.9 Å². The largest absolute Gasteiger partial charge is 0.497 e. The van der Waals surface area contributed by atoms with Gasteiger partial charge in [-0.1, -0.05) is 12.1 Å². The van der Waals surface area contributed by atoms with Crippen LogP contribution < -0.4 is 15.0 Å². The average molecular weight is 498 g/mol. The van der Waals surface area contributed by atoms with Crippen LogP contribution in [0.25, 0.3) is 0 Å². The summed E-state index contributed by atoms with van der Waals surface area (Å²) < 4.78 is 47.6. The number of hydrogen-bond acceptors (Lipinski definition) is 5. The van der Waals surface area contributed by atoms with E-state index in [9.17, 15) is 17.6 Å². The lowest BCUT2D eigenvalue weighted by Gasteiger charge is -2.36. The third-order valence-electron chi connectivity index (χ3n) is 6.31. The number of carbonyl (C=O) groups is 1. The van der Waals surface area contributed by atoms with Crippen LogP contribution in [0.15, 0.2) is 65.6 Å². The molecular formula is C26H28FN3O4S. The number of methoxy groups -OCH3 is 1. The third-order valence-corrected chi connectivity index (χ3v) is 8.23. The summed E-state index contributed by atoms with van der Waals surface area (Å²) in [6.07, 6.45) is 0. The first-order valence-corrected chi connectivity index (χ1v) is 12.7. The number of anilines is 2. The zero-order chi connectivity index (χ0) is 25.2. The first-order chi connectivity index (χ1) is 16.7. The highest BCUT2D eigenvalue weighted by Gasteiger charge is 2.31. The number of piperazine rings is 1. The molecule has 0 radical (unpaired) electrons. The lowest BCUT2D eigenvalue weighted by Crippen LogP contribution is -2.49. The fraction of sp³-hybridized carbons (Fsp3) is 0.269. The van der Waals surface area contributed by atoms with Crippen molar-refractivity contribution in [2.45, 2.75) is 18.7 Å². The fourth-order valence-corrected chi connectivity index (χ4v) is 5.62. The molecular weight excluding hydrogens is 469 g/mol. The Morgan fingerprint density at radius 3 is 2.31 bits per heavy atom. The summed E-state index contributed by atoms with van der Waals surface area (Å²) in [6, 6.07) is 16.1. The smallest absolute Gasteiger partial charge is 0.255 e. The normalized spacial score (nSPS) is 14.6. The van der Waals surface area contributed by atoms with Gasteiger partial charge in [0.1, 0.15) is 16.5 Å². The Labute approximate surface area is 205 Å². The molecule has 1 fully saturated rings. The molecule has 1 aliphatic rings. The number of rotatable bonds is 6. The molecule has 35 heavy (non-hydrogen) atoms. The zero-order valence-electron chi connectivity index (χ0n) is 19.9. The maximum atomic E-state index is 14.7. The second kappa shape index (κ2) is 10.1. The number of nitrogens with one attached hydrogen (secondary N) is 1. The minimum atomic E-state index is -4.12. The van der Waals surface area contributed by atoms with Crippen molar-refractivity contribution >= 4 is 27.3 Å². The van der Waals surface area contributed by atoms with E-state index in [4.69, 9.17) is 4.74 Å². The van der Waals surface area contributed by atoms with Gasteiger partial charge in [0.25, 0.3) is 5.91 Å². The van der Waals surface area contributed by atoms with E-state index in [1.807, 2.05) is 32.0 Å². The second-order valence-electron chi connectivity index (χ2n) is 8.44. The number of nitrogens with zero attached hydrogens (tertiary/aromatic N) is 2. The molecule has 3 aromatic rings. The Bertz CT molecular complexity index is 1340. The third kappa shape index (κ3) is 5.16. The van der Waals surface area contributed by atoms with Crippen LogP contribution >= 0.6 is 0 Å². The summed E-state index contributed by atoms with van der Waals surface area (Å²) in [7, 11) is -2.58. The lowest BCUT2D eigenvalue weighted by molar-refractivity contribution is 0.102. The van der Waals surface area contributed by atoms with Gasteiger partial charge in [0.15, 0.2) is 0 Å². The Kier molecular flexibility index (Phi) is 7.09. The summed E-state index contributed by atoms with van der Waals surface area (Å²) in [5.41, 5.74) is 3.96. The van der Waals surface area contributed by atoms with Gasteiger partial charge in [-0.3, -0.25) is 4.79 Å². The molecule has 0 atom stereocenters. The molecule has 9 heteroatoms. The van der Waals surface area contributed by atoms with E-state index in [-0.39, 0.29) is 18.7 Å². The topological polar surface area (TPSA) is 78.9 Å². The summed E-state index contributed by atoms with van der Waals surface area (Å²) in [5.74, 6) is -0.787. The first-order valence-electron chi connectivity index (χ1n) is 11.3. The van der Waals surface area contributed by atoms with Crippen LogP contribution in [0.5, 0.6) is 5.75 Å². The van der Waals surface area contributed by atoms with E-state index in [1.54, 1.807) is 24.3 Å². The van der Waals surface area contributed by atoms with Gasteiger partial charge < -0.3 is 15.0 Å². The van der Waals surface area contributed by atoms with Gasteiger partial charge >= 0.3 is 0 Å². The predicted molar refractivity (Wildman–Crippen MR) is 134 cm³/mol. The highest BCUT2D eigenvalue weighted by Crippen LogP contribution is 2.27. The number of benzene rings is 3. The molecule has 0 spiro atoms. The molecule has 0 aliphatic carbocycles. The van der Waals surface area contributed by atoms with Crippen LogP contribution in [0.1, 0.15) is 21.5 Å². The number of sulfonamides is 1. The predicted octanol–water partition coefficient (Wildman–Crippen LogP) is 4.21. The summed E-state index contributed by atoms with van der Waals surface area (Å²) in [4.78, 5) is 14.4. The van der Waals surface area contributed by atoms with Crippen LogP contribution in [-0.2, 0) is 10.0 Å². The number of hydrogen-bond donors (Lipinski definition) is 1. The minimum absolute atomic E-state index is 0.0508. The molecule has 4 rings (SSSR count). The second-order valence-corrected chi connectivity index (χ2v) is 10.3. The minimum Gasteiger partial charge on any atom is -0.497 e. The van der Waals surface area contributed by atoms with Crippen LogP contribution in [0.4, 0.5) is 15.8 Å². The van der Waals surface area contributed by atoms with E-state index in [2.05, 4.69) is 10.2 Å². The molecule has 1 saturated heterocycles. The quantitative estimate of drug-likeness (QED) is 0.552. The van der Waals surface area contributed by atoms with Crippen LogP contribution in [0.2, 0.25) is 0 Å². The number of amides is 1. The highest BCUT2D eigenvalue weighted by molar-refractivity contribution is 7.89. The Morgan fingerprint density at radius 2 is 1.66 bits per heavy atom. The SMILES string of the molecule is COc1ccc(NC(=O)c2ccc(F)c(S(=O)(=O)N3CCN(c4cccc(C)c4C)CC3)c2)cc1. The van der Waals surface area contributed by atoms with Gasteiger partial charge in [-0.15, -0.1) is 0 Å². The van der Waals surface area contributed by atoms with Gasteiger partial charge in [0, 0.05) is 43.1 Å². The molecule has 0 bridgehead atoms. The Hall–Kier alpha value is -3.43. The number of carbonyl (C=O) groups excluding carboxylic acids is 1. The van der Waals surface area contributed by atoms with Gasteiger partial charge in [-0.2, -0.15) is 4.31 Å². The van der Waals surface area contributed by atoms with Crippen molar-refractivity contribution in [1.82, 2.24) is 4.31 Å².